The highest BCUT2D eigenvalue weighted by Crippen LogP contribution is 2.34. The molecule has 1 atom stereocenters. The SMILES string of the molecule is CNC(c1cc(Cl)ccc1Cl)c1cc(F)c(F)cc1Cl. The minimum absolute atomic E-state index is 0.110. The van der Waals surface area contributed by atoms with Gasteiger partial charge in [-0.1, -0.05) is 34.8 Å². The van der Waals surface area contributed by atoms with Gasteiger partial charge in [0, 0.05) is 15.1 Å². The lowest BCUT2D eigenvalue weighted by Gasteiger charge is -2.20. The van der Waals surface area contributed by atoms with Crippen LogP contribution in [-0.4, -0.2) is 7.05 Å². The quantitative estimate of drug-likeness (QED) is 0.756. The van der Waals surface area contributed by atoms with Crippen LogP contribution in [0.25, 0.3) is 0 Å². The van der Waals surface area contributed by atoms with Crippen LogP contribution < -0.4 is 5.32 Å². The third-order valence-corrected chi connectivity index (χ3v) is 3.81. The van der Waals surface area contributed by atoms with Crippen molar-refractivity contribution in [2.75, 3.05) is 7.05 Å². The molecule has 0 radical (unpaired) electrons. The van der Waals surface area contributed by atoms with Crippen molar-refractivity contribution in [1.29, 1.82) is 0 Å². The minimum Gasteiger partial charge on any atom is -0.309 e. The van der Waals surface area contributed by atoms with E-state index in [1.807, 2.05) is 0 Å². The lowest BCUT2D eigenvalue weighted by molar-refractivity contribution is 0.505. The van der Waals surface area contributed by atoms with Gasteiger partial charge in [0.15, 0.2) is 11.6 Å². The summed E-state index contributed by atoms with van der Waals surface area (Å²) >= 11 is 18.1. The smallest absolute Gasteiger partial charge is 0.160 e. The summed E-state index contributed by atoms with van der Waals surface area (Å²) in [6, 6.07) is 6.43. The second-order valence-corrected chi connectivity index (χ2v) is 5.43. The van der Waals surface area contributed by atoms with Crippen LogP contribution in [0.4, 0.5) is 8.78 Å². The molecule has 2 aromatic rings. The fourth-order valence-corrected chi connectivity index (χ4v) is 2.64. The molecule has 2 rings (SSSR count). The lowest BCUT2D eigenvalue weighted by atomic mass is 9.98. The molecule has 6 heteroatoms. The number of rotatable bonds is 3. The molecule has 0 fully saturated rings. The highest BCUT2D eigenvalue weighted by molar-refractivity contribution is 6.34. The van der Waals surface area contributed by atoms with Gasteiger partial charge in [-0.25, -0.2) is 8.78 Å². The molecule has 1 nitrogen and oxygen atoms in total. The molecule has 0 aliphatic rings. The first kappa shape index (κ1) is 15.5. The van der Waals surface area contributed by atoms with Crippen molar-refractivity contribution in [2.24, 2.45) is 0 Å². The zero-order valence-corrected chi connectivity index (χ0v) is 12.6. The van der Waals surface area contributed by atoms with Gasteiger partial charge >= 0.3 is 0 Å². The monoisotopic (exact) mass is 335 g/mol. The van der Waals surface area contributed by atoms with E-state index < -0.39 is 17.7 Å². The van der Waals surface area contributed by atoms with Gasteiger partial charge in [-0.05, 0) is 48.5 Å². The maximum atomic E-state index is 13.4. The summed E-state index contributed by atoms with van der Waals surface area (Å²) in [7, 11) is 1.67. The van der Waals surface area contributed by atoms with E-state index in [2.05, 4.69) is 5.32 Å². The van der Waals surface area contributed by atoms with Crippen LogP contribution in [0.5, 0.6) is 0 Å². The van der Waals surface area contributed by atoms with Crippen molar-refractivity contribution in [3.05, 3.63) is 68.2 Å². The van der Waals surface area contributed by atoms with E-state index in [4.69, 9.17) is 34.8 Å². The molecule has 0 saturated heterocycles. The Morgan fingerprint density at radius 2 is 1.50 bits per heavy atom. The Kier molecular flexibility index (Phi) is 4.86. The summed E-state index contributed by atoms with van der Waals surface area (Å²) < 4.78 is 26.6. The number of nitrogens with one attached hydrogen (secondary N) is 1. The molecule has 0 aliphatic heterocycles. The lowest BCUT2D eigenvalue weighted by Crippen LogP contribution is -2.19. The summed E-state index contributed by atoms with van der Waals surface area (Å²) in [5, 5.41) is 4.03. The summed E-state index contributed by atoms with van der Waals surface area (Å²) in [5.74, 6) is -1.96. The number of hydrogen-bond acceptors (Lipinski definition) is 1. The van der Waals surface area contributed by atoms with Gasteiger partial charge < -0.3 is 5.32 Å². The molecular weight excluding hydrogens is 327 g/mol. The summed E-state index contributed by atoms with van der Waals surface area (Å²) in [6.45, 7) is 0. The highest BCUT2D eigenvalue weighted by Gasteiger charge is 2.20. The molecule has 0 aliphatic carbocycles. The molecule has 20 heavy (non-hydrogen) atoms. The van der Waals surface area contributed by atoms with Crippen LogP contribution >= 0.6 is 34.8 Å². The van der Waals surface area contributed by atoms with Crippen LogP contribution in [-0.2, 0) is 0 Å². The predicted molar refractivity (Wildman–Crippen MR) is 78.7 cm³/mol. The fraction of sp³-hybridized carbons (Fsp3) is 0.143. The standard InChI is InChI=1S/C14H10Cl3F2N/c1-20-14(8-4-7(15)2-3-10(8)16)9-5-12(18)13(19)6-11(9)17/h2-6,14,20H,1H3. The number of hydrogen-bond donors (Lipinski definition) is 1. The van der Waals surface area contributed by atoms with Gasteiger partial charge in [-0.15, -0.1) is 0 Å². The Morgan fingerprint density at radius 1 is 0.900 bits per heavy atom. The maximum absolute atomic E-state index is 13.4. The molecule has 0 aromatic heterocycles. The van der Waals surface area contributed by atoms with Gasteiger partial charge in [0.25, 0.3) is 0 Å². The molecule has 0 saturated carbocycles. The van der Waals surface area contributed by atoms with Crippen LogP contribution in [0.3, 0.4) is 0 Å². The highest BCUT2D eigenvalue weighted by atomic mass is 35.5. The van der Waals surface area contributed by atoms with E-state index in [-0.39, 0.29) is 5.02 Å². The minimum atomic E-state index is -0.995. The molecule has 106 valence electrons. The van der Waals surface area contributed by atoms with Crippen molar-refractivity contribution in [2.45, 2.75) is 6.04 Å². The van der Waals surface area contributed by atoms with Gasteiger partial charge in [0.05, 0.1) is 6.04 Å². The normalized spacial score (nSPS) is 12.5. The first-order valence-electron chi connectivity index (χ1n) is 5.70. The number of halogens is 5. The van der Waals surface area contributed by atoms with Gasteiger partial charge in [-0.2, -0.15) is 0 Å². The van der Waals surface area contributed by atoms with Gasteiger partial charge in [0.1, 0.15) is 0 Å². The maximum Gasteiger partial charge on any atom is 0.160 e. The third-order valence-electron chi connectivity index (χ3n) is 2.91. The van der Waals surface area contributed by atoms with Crippen LogP contribution in [0, 0.1) is 11.6 Å². The van der Waals surface area contributed by atoms with Crippen molar-refractivity contribution in [3.8, 4) is 0 Å². The van der Waals surface area contributed by atoms with Crippen LogP contribution in [0.1, 0.15) is 17.2 Å². The zero-order valence-electron chi connectivity index (χ0n) is 10.4. The van der Waals surface area contributed by atoms with E-state index in [9.17, 15) is 8.78 Å². The second-order valence-electron chi connectivity index (χ2n) is 4.18. The zero-order chi connectivity index (χ0) is 14.9. The molecular formula is C14H10Cl3F2N. The molecule has 2 aromatic carbocycles. The first-order valence-corrected chi connectivity index (χ1v) is 6.84. The Hall–Kier alpha value is -0.870. The molecule has 0 amide bonds. The van der Waals surface area contributed by atoms with E-state index in [0.717, 1.165) is 12.1 Å². The molecule has 0 spiro atoms. The van der Waals surface area contributed by atoms with Crippen molar-refractivity contribution >= 4 is 34.8 Å². The fourth-order valence-electron chi connectivity index (χ4n) is 1.97. The largest absolute Gasteiger partial charge is 0.309 e. The van der Waals surface area contributed by atoms with E-state index in [1.165, 1.54) is 0 Å². The Labute approximate surface area is 130 Å². The van der Waals surface area contributed by atoms with E-state index in [0.29, 0.717) is 21.2 Å². The average Bonchev–Trinajstić information content (AvgIpc) is 2.40. The predicted octanol–water partition coefficient (Wildman–Crippen LogP) is 5.23. The van der Waals surface area contributed by atoms with Gasteiger partial charge in [-0.3, -0.25) is 0 Å². The summed E-state index contributed by atoms with van der Waals surface area (Å²) in [4.78, 5) is 0. The summed E-state index contributed by atoms with van der Waals surface area (Å²) in [6.07, 6.45) is 0. The first-order chi connectivity index (χ1) is 9.43. The van der Waals surface area contributed by atoms with Crippen LogP contribution in [0.15, 0.2) is 30.3 Å². The molecule has 0 bridgehead atoms. The van der Waals surface area contributed by atoms with Crippen molar-refractivity contribution in [3.63, 3.8) is 0 Å². The van der Waals surface area contributed by atoms with Crippen LogP contribution in [0.2, 0.25) is 15.1 Å². The van der Waals surface area contributed by atoms with Crippen molar-refractivity contribution in [1.82, 2.24) is 5.32 Å². The average molecular weight is 337 g/mol. The molecule has 1 unspecified atom stereocenters. The Bertz CT molecular complexity index is 647. The Morgan fingerprint density at radius 3 is 2.15 bits per heavy atom. The molecule has 0 heterocycles. The van der Waals surface area contributed by atoms with E-state index in [1.54, 1.807) is 25.2 Å². The third kappa shape index (κ3) is 3.07. The van der Waals surface area contributed by atoms with E-state index >= 15 is 0 Å². The Balaban J connectivity index is 2.58. The number of benzene rings is 2. The van der Waals surface area contributed by atoms with Gasteiger partial charge in [0.2, 0.25) is 0 Å². The summed E-state index contributed by atoms with van der Waals surface area (Å²) in [5.41, 5.74) is 1.02. The second kappa shape index (κ2) is 6.27. The van der Waals surface area contributed by atoms with Crippen molar-refractivity contribution < 1.29 is 8.78 Å². The topological polar surface area (TPSA) is 12.0 Å². The molecule has 1 N–H and O–H groups in total.